The first-order valence-electron chi connectivity index (χ1n) is 6.03. The highest BCUT2D eigenvalue weighted by Gasteiger charge is 2.20. The van der Waals surface area contributed by atoms with Crippen molar-refractivity contribution in [3.05, 3.63) is 28.1 Å². The van der Waals surface area contributed by atoms with Crippen LogP contribution in [0.1, 0.15) is 37.2 Å². The van der Waals surface area contributed by atoms with Gasteiger partial charge >= 0.3 is 0 Å². The first kappa shape index (κ1) is 15.7. The number of nitrogens with one attached hydrogen (secondary N) is 2. The molecule has 0 saturated carbocycles. The Hall–Kier alpha value is -1.37. The van der Waals surface area contributed by atoms with Gasteiger partial charge in [0, 0.05) is 17.9 Å². The van der Waals surface area contributed by atoms with Gasteiger partial charge in [0.15, 0.2) is 0 Å². The molecule has 0 spiro atoms. The van der Waals surface area contributed by atoms with Crippen LogP contribution in [0.5, 0.6) is 0 Å². The molecule has 1 amide bonds. The fourth-order valence-corrected chi connectivity index (χ4v) is 1.95. The highest BCUT2D eigenvalue weighted by Crippen LogP contribution is 2.22. The zero-order valence-corrected chi connectivity index (χ0v) is 12.6. The molecule has 106 valence electrons. The van der Waals surface area contributed by atoms with E-state index in [1.165, 1.54) is 12.3 Å². The van der Waals surface area contributed by atoms with Crippen molar-refractivity contribution in [3.63, 3.8) is 0 Å². The van der Waals surface area contributed by atoms with Gasteiger partial charge in [-0.25, -0.2) is 0 Å². The average molecular weight is 332 g/mol. The first-order chi connectivity index (χ1) is 8.85. The molecule has 0 aliphatic heterocycles. The van der Waals surface area contributed by atoms with E-state index in [-0.39, 0.29) is 22.7 Å². The van der Waals surface area contributed by atoms with Gasteiger partial charge in [0.25, 0.3) is 11.6 Å². The molecule has 0 aliphatic rings. The second kappa shape index (κ2) is 6.70. The van der Waals surface area contributed by atoms with E-state index in [4.69, 9.17) is 0 Å². The lowest BCUT2D eigenvalue weighted by Gasteiger charge is -2.24. The fraction of sp³-hybridized carbons (Fsp3) is 0.583. The number of amides is 1. The van der Waals surface area contributed by atoms with Crippen LogP contribution in [0.4, 0.5) is 5.69 Å². The third kappa shape index (κ3) is 5.02. The third-order valence-electron chi connectivity index (χ3n) is 2.84. The average Bonchev–Trinajstić information content (AvgIpc) is 2.83. The molecule has 0 radical (unpaired) electrons. The standard InChI is InChI=1S/C12H18BrN3O3/c1-12(2,4-3-5-13)8-15-11(17)10-6-9(7-14-10)16(18)19/h6-7,14H,3-5,8H2,1-2H3,(H,15,17). The zero-order chi connectivity index (χ0) is 14.5. The fourth-order valence-electron chi connectivity index (χ4n) is 1.67. The van der Waals surface area contributed by atoms with E-state index in [9.17, 15) is 14.9 Å². The smallest absolute Gasteiger partial charge is 0.287 e. The van der Waals surface area contributed by atoms with Crippen LogP contribution < -0.4 is 5.32 Å². The minimum Gasteiger partial charge on any atom is -0.351 e. The Balaban J connectivity index is 2.52. The quantitative estimate of drug-likeness (QED) is 0.457. The molecule has 1 rings (SSSR count). The number of carbonyl (C=O) groups is 1. The van der Waals surface area contributed by atoms with E-state index in [0.717, 1.165) is 18.2 Å². The van der Waals surface area contributed by atoms with Gasteiger partial charge in [-0.05, 0) is 18.3 Å². The second-order valence-corrected chi connectivity index (χ2v) is 5.96. The topological polar surface area (TPSA) is 88.0 Å². The zero-order valence-electron chi connectivity index (χ0n) is 11.0. The molecule has 2 N–H and O–H groups in total. The van der Waals surface area contributed by atoms with Gasteiger partial charge in [-0.2, -0.15) is 0 Å². The number of hydrogen-bond acceptors (Lipinski definition) is 3. The normalized spacial score (nSPS) is 11.3. The van der Waals surface area contributed by atoms with Crippen molar-refractivity contribution in [2.45, 2.75) is 26.7 Å². The largest absolute Gasteiger partial charge is 0.351 e. The summed E-state index contributed by atoms with van der Waals surface area (Å²) in [6, 6.07) is 1.24. The molecule has 19 heavy (non-hydrogen) atoms. The monoisotopic (exact) mass is 331 g/mol. The summed E-state index contributed by atoms with van der Waals surface area (Å²) in [6.07, 6.45) is 3.24. The number of rotatable bonds is 7. The van der Waals surface area contributed by atoms with Crippen LogP contribution >= 0.6 is 15.9 Å². The van der Waals surface area contributed by atoms with E-state index in [2.05, 4.69) is 40.1 Å². The lowest BCUT2D eigenvalue weighted by Crippen LogP contribution is -2.34. The summed E-state index contributed by atoms with van der Waals surface area (Å²) in [5, 5.41) is 14.3. The van der Waals surface area contributed by atoms with Crippen molar-refractivity contribution in [2.24, 2.45) is 5.41 Å². The van der Waals surface area contributed by atoms with E-state index in [0.29, 0.717) is 6.54 Å². The highest BCUT2D eigenvalue weighted by molar-refractivity contribution is 9.09. The van der Waals surface area contributed by atoms with Crippen LogP contribution in [0.25, 0.3) is 0 Å². The summed E-state index contributed by atoms with van der Waals surface area (Å²) >= 11 is 3.38. The van der Waals surface area contributed by atoms with Crippen molar-refractivity contribution in [2.75, 3.05) is 11.9 Å². The molecule has 1 heterocycles. The minimum absolute atomic E-state index is 0.00194. The second-order valence-electron chi connectivity index (χ2n) is 5.17. The Morgan fingerprint density at radius 3 is 2.79 bits per heavy atom. The summed E-state index contributed by atoms with van der Waals surface area (Å²) in [5.74, 6) is -0.319. The van der Waals surface area contributed by atoms with Crippen LogP contribution in [0.15, 0.2) is 12.3 Å². The van der Waals surface area contributed by atoms with Crippen molar-refractivity contribution >= 4 is 27.5 Å². The number of nitrogens with zero attached hydrogens (tertiary/aromatic N) is 1. The molecule has 0 aromatic carbocycles. The lowest BCUT2D eigenvalue weighted by atomic mass is 9.88. The van der Waals surface area contributed by atoms with Crippen molar-refractivity contribution < 1.29 is 9.72 Å². The van der Waals surface area contributed by atoms with Gasteiger partial charge in [0.1, 0.15) is 5.69 Å². The maximum Gasteiger partial charge on any atom is 0.287 e. The summed E-state index contributed by atoms with van der Waals surface area (Å²) < 4.78 is 0. The molecule has 0 atom stereocenters. The Morgan fingerprint density at radius 1 is 1.58 bits per heavy atom. The van der Waals surface area contributed by atoms with Crippen LogP contribution in [-0.2, 0) is 0 Å². The van der Waals surface area contributed by atoms with Gasteiger partial charge in [-0.15, -0.1) is 0 Å². The number of aromatic amines is 1. The molecule has 1 aromatic rings. The molecule has 6 nitrogen and oxygen atoms in total. The maximum atomic E-state index is 11.8. The molecule has 0 unspecified atom stereocenters. The molecule has 7 heteroatoms. The Bertz CT molecular complexity index is 457. The number of aromatic nitrogens is 1. The van der Waals surface area contributed by atoms with Gasteiger partial charge in [0.05, 0.1) is 11.1 Å². The molecule has 0 saturated heterocycles. The summed E-state index contributed by atoms with van der Waals surface area (Å²) in [4.78, 5) is 24.4. The van der Waals surface area contributed by atoms with Crippen LogP contribution in [-0.4, -0.2) is 27.7 Å². The SMILES string of the molecule is CC(C)(CCCBr)CNC(=O)c1cc([N+](=O)[O-])c[nH]1. The van der Waals surface area contributed by atoms with Gasteiger partial charge in [-0.3, -0.25) is 14.9 Å². The van der Waals surface area contributed by atoms with Crippen molar-refractivity contribution in [3.8, 4) is 0 Å². The molecular formula is C12H18BrN3O3. The Labute approximate surface area is 120 Å². The number of halogens is 1. The Kier molecular flexibility index (Phi) is 5.53. The van der Waals surface area contributed by atoms with E-state index >= 15 is 0 Å². The summed E-state index contributed by atoms with van der Waals surface area (Å²) in [6.45, 7) is 4.69. The molecular weight excluding hydrogens is 314 g/mol. The molecule has 0 fully saturated rings. The number of H-pyrrole nitrogens is 1. The van der Waals surface area contributed by atoms with E-state index < -0.39 is 4.92 Å². The van der Waals surface area contributed by atoms with Crippen molar-refractivity contribution in [1.29, 1.82) is 0 Å². The third-order valence-corrected chi connectivity index (χ3v) is 3.40. The number of hydrogen-bond donors (Lipinski definition) is 2. The summed E-state index contributed by atoms with van der Waals surface area (Å²) in [5.41, 5.74) is 0.105. The Morgan fingerprint density at radius 2 is 2.26 bits per heavy atom. The maximum absolute atomic E-state index is 11.8. The first-order valence-corrected chi connectivity index (χ1v) is 7.15. The van der Waals surface area contributed by atoms with Crippen LogP contribution in [0, 0.1) is 15.5 Å². The highest BCUT2D eigenvalue weighted by atomic mass is 79.9. The van der Waals surface area contributed by atoms with Crippen molar-refractivity contribution in [1.82, 2.24) is 10.3 Å². The lowest BCUT2D eigenvalue weighted by molar-refractivity contribution is -0.384. The minimum atomic E-state index is -0.535. The molecule has 0 aliphatic carbocycles. The van der Waals surface area contributed by atoms with Gasteiger partial charge < -0.3 is 10.3 Å². The number of alkyl halides is 1. The summed E-state index contributed by atoms with van der Waals surface area (Å²) in [7, 11) is 0. The number of carbonyl (C=O) groups excluding carboxylic acids is 1. The van der Waals surface area contributed by atoms with Crippen LogP contribution in [0.3, 0.4) is 0 Å². The van der Waals surface area contributed by atoms with Gasteiger partial charge in [-0.1, -0.05) is 29.8 Å². The predicted molar refractivity (Wildman–Crippen MR) is 76.6 cm³/mol. The molecule has 0 bridgehead atoms. The number of nitro groups is 1. The van der Waals surface area contributed by atoms with E-state index in [1.807, 2.05) is 0 Å². The van der Waals surface area contributed by atoms with Crippen LogP contribution in [0.2, 0.25) is 0 Å². The predicted octanol–water partition coefficient (Wildman–Crippen LogP) is 2.85. The van der Waals surface area contributed by atoms with Gasteiger partial charge in [0.2, 0.25) is 0 Å². The molecule has 1 aromatic heterocycles. The van der Waals surface area contributed by atoms with E-state index in [1.54, 1.807) is 0 Å².